The highest BCUT2D eigenvalue weighted by molar-refractivity contribution is 6.17. The van der Waals surface area contributed by atoms with E-state index in [2.05, 4.69) is 16.9 Å². The molecule has 0 bridgehead atoms. The normalized spacial score (nSPS) is 8.90. The summed E-state index contributed by atoms with van der Waals surface area (Å²) in [5.74, 6) is 0.0770. The lowest BCUT2D eigenvalue weighted by Gasteiger charge is -1.99. The van der Waals surface area contributed by atoms with Gasteiger partial charge < -0.3 is 4.84 Å². The lowest BCUT2D eigenvalue weighted by Crippen LogP contribution is -2.19. The van der Waals surface area contributed by atoms with E-state index in [0.29, 0.717) is 12.4 Å². The van der Waals surface area contributed by atoms with Crippen LogP contribution in [0.25, 0.3) is 0 Å². The summed E-state index contributed by atoms with van der Waals surface area (Å²) in [6.45, 7) is 3.79. The Morgan fingerprint density at radius 3 is 3.00 bits per heavy atom. The summed E-state index contributed by atoms with van der Waals surface area (Å²) in [7, 11) is 0. The van der Waals surface area contributed by atoms with Crippen LogP contribution in [0.15, 0.2) is 12.7 Å². The summed E-state index contributed by atoms with van der Waals surface area (Å²) in [6, 6.07) is 0. The molecule has 0 spiro atoms. The molecule has 0 unspecified atom stereocenters. The third-order valence-electron chi connectivity index (χ3n) is 0.752. The molecular formula is C6H10ClNO2. The number of rotatable bonds is 5. The topological polar surface area (TPSA) is 38.3 Å². The van der Waals surface area contributed by atoms with Crippen LogP contribution in [0.3, 0.4) is 0 Å². The summed E-state index contributed by atoms with van der Waals surface area (Å²) < 4.78 is 0. The quantitative estimate of drug-likeness (QED) is 0.283. The lowest BCUT2D eigenvalue weighted by molar-refractivity contribution is -0.144. The zero-order valence-electron chi connectivity index (χ0n) is 5.60. The van der Waals surface area contributed by atoms with Crippen LogP contribution >= 0.6 is 11.6 Å². The number of hydrogen-bond donors (Lipinski definition) is 1. The molecule has 1 N–H and O–H groups in total. The summed E-state index contributed by atoms with van der Waals surface area (Å²) in [5.41, 5.74) is 2.43. The minimum absolute atomic E-state index is 0.477. The number of hydrogen-bond acceptors (Lipinski definition) is 3. The molecule has 4 heteroatoms. The predicted octanol–water partition coefficient (Wildman–Crippen LogP) is 0.849. The molecule has 0 aliphatic carbocycles. The molecule has 0 saturated heterocycles. The molecule has 0 fully saturated rings. The van der Waals surface area contributed by atoms with Crippen molar-refractivity contribution in [2.24, 2.45) is 0 Å². The Morgan fingerprint density at radius 2 is 2.50 bits per heavy atom. The Bertz CT molecular complexity index is 116. The third kappa shape index (κ3) is 5.59. The summed E-state index contributed by atoms with van der Waals surface area (Å²) >= 11 is 5.35. The van der Waals surface area contributed by atoms with Gasteiger partial charge in [0, 0.05) is 18.5 Å². The number of nitrogens with one attached hydrogen (secondary N) is 1. The number of carbonyl (C=O) groups excluding carboxylic acids is 1. The van der Waals surface area contributed by atoms with Gasteiger partial charge in [0.05, 0.1) is 0 Å². The standard InChI is InChI=1S/C6H10ClNO2/c1-2-6(9)10-8-5-3-4-7/h2,8H,1,3-5H2. The first-order valence-corrected chi connectivity index (χ1v) is 3.46. The van der Waals surface area contributed by atoms with E-state index < -0.39 is 5.97 Å². The van der Waals surface area contributed by atoms with Gasteiger partial charge in [0.15, 0.2) is 0 Å². The molecule has 0 aliphatic heterocycles. The first-order valence-electron chi connectivity index (χ1n) is 2.93. The van der Waals surface area contributed by atoms with Gasteiger partial charge >= 0.3 is 5.97 Å². The molecule has 0 saturated carbocycles. The van der Waals surface area contributed by atoms with Crippen molar-refractivity contribution in [1.29, 1.82) is 0 Å². The summed E-state index contributed by atoms with van der Waals surface area (Å²) in [6.07, 6.45) is 1.86. The number of hydroxylamine groups is 1. The summed E-state index contributed by atoms with van der Waals surface area (Å²) in [4.78, 5) is 14.8. The van der Waals surface area contributed by atoms with E-state index >= 15 is 0 Å². The van der Waals surface area contributed by atoms with Gasteiger partial charge in [-0.15, -0.1) is 11.6 Å². The fourth-order valence-electron chi connectivity index (χ4n) is 0.303. The fourth-order valence-corrected chi connectivity index (χ4v) is 0.436. The van der Waals surface area contributed by atoms with Crippen molar-refractivity contribution in [3.05, 3.63) is 12.7 Å². The van der Waals surface area contributed by atoms with Crippen molar-refractivity contribution < 1.29 is 9.63 Å². The Hall–Kier alpha value is -0.540. The molecule has 10 heavy (non-hydrogen) atoms. The Balaban J connectivity index is 3.03. The van der Waals surface area contributed by atoms with Crippen LogP contribution in [0.5, 0.6) is 0 Å². The predicted molar refractivity (Wildman–Crippen MR) is 39.6 cm³/mol. The van der Waals surface area contributed by atoms with Gasteiger partial charge in [-0.3, -0.25) is 0 Å². The Labute approximate surface area is 65.0 Å². The van der Waals surface area contributed by atoms with E-state index in [4.69, 9.17) is 11.6 Å². The lowest BCUT2D eigenvalue weighted by atomic mass is 10.5. The molecule has 0 rings (SSSR count). The van der Waals surface area contributed by atoms with Crippen molar-refractivity contribution >= 4 is 17.6 Å². The maximum atomic E-state index is 10.3. The van der Waals surface area contributed by atoms with Crippen molar-refractivity contribution in [3.63, 3.8) is 0 Å². The second-order valence-electron chi connectivity index (χ2n) is 1.56. The highest BCUT2D eigenvalue weighted by Gasteiger charge is 1.92. The SMILES string of the molecule is C=CC(=O)ONCCCCl. The van der Waals surface area contributed by atoms with Gasteiger partial charge in [0.25, 0.3) is 0 Å². The van der Waals surface area contributed by atoms with Gasteiger partial charge in [-0.25, -0.2) is 4.79 Å². The molecular weight excluding hydrogens is 154 g/mol. The maximum absolute atomic E-state index is 10.3. The molecule has 0 atom stereocenters. The van der Waals surface area contributed by atoms with E-state index in [1.807, 2.05) is 0 Å². The van der Waals surface area contributed by atoms with Gasteiger partial charge in [-0.2, -0.15) is 5.48 Å². The van der Waals surface area contributed by atoms with E-state index in [1.54, 1.807) is 0 Å². The van der Waals surface area contributed by atoms with Crippen molar-refractivity contribution in [1.82, 2.24) is 5.48 Å². The first-order chi connectivity index (χ1) is 4.81. The fraction of sp³-hybridized carbons (Fsp3) is 0.500. The number of alkyl halides is 1. The minimum atomic E-state index is -0.477. The molecule has 0 aromatic heterocycles. The number of halogens is 1. The molecule has 3 nitrogen and oxygen atoms in total. The van der Waals surface area contributed by atoms with Crippen LogP contribution < -0.4 is 5.48 Å². The molecule has 0 heterocycles. The second-order valence-corrected chi connectivity index (χ2v) is 1.94. The first kappa shape index (κ1) is 9.46. The average Bonchev–Trinajstić information content (AvgIpc) is 1.98. The van der Waals surface area contributed by atoms with E-state index in [0.717, 1.165) is 12.5 Å². The highest BCUT2D eigenvalue weighted by Crippen LogP contribution is 1.81. The highest BCUT2D eigenvalue weighted by atomic mass is 35.5. The van der Waals surface area contributed by atoms with Crippen molar-refractivity contribution in [3.8, 4) is 0 Å². The zero-order valence-corrected chi connectivity index (χ0v) is 6.36. The Morgan fingerprint density at radius 1 is 1.80 bits per heavy atom. The average molecular weight is 164 g/mol. The van der Waals surface area contributed by atoms with Crippen LogP contribution in [0, 0.1) is 0 Å². The van der Waals surface area contributed by atoms with E-state index in [-0.39, 0.29) is 0 Å². The van der Waals surface area contributed by atoms with Gasteiger partial charge in [0.1, 0.15) is 0 Å². The molecule has 0 aliphatic rings. The van der Waals surface area contributed by atoms with Gasteiger partial charge in [-0.1, -0.05) is 6.58 Å². The molecule has 58 valence electrons. The number of carbonyl (C=O) groups is 1. The van der Waals surface area contributed by atoms with Crippen molar-refractivity contribution in [2.45, 2.75) is 6.42 Å². The molecule has 0 aromatic rings. The van der Waals surface area contributed by atoms with Crippen LogP contribution in [0.1, 0.15) is 6.42 Å². The smallest absolute Gasteiger partial charge is 0.348 e. The molecule has 0 amide bonds. The van der Waals surface area contributed by atoms with Crippen LogP contribution in [0.4, 0.5) is 0 Å². The zero-order chi connectivity index (χ0) is 7.82. The molecule has 0 radical (unpaired) electrons. The van der Waals surface area contributed by atoms with Gasteiger partial charge in [0.2, 0.25) is 0 Å². The monoisotopic (exact) mass is 163 g/mol. The van der Waals surface area contributed by atoms with E-state index in [9.17, 15) is 4.79 Å². The largest absolute Gasteiger partial charge is 0.367 e. The Kier molecular flexibility index (Phi) is 6.22. The minimum Gasteiger partial charge on any atom is -0.367 e. The molecule has 0 aromatic carbocycles. The van der Waals surface area contributed by atoms with Crippen LogP contribution in [0.2, 0.25) is 0 Å². The maximum Gasteiger partial charge on any atom is 0.348 e. The van der Waals surface area contributed by atoms with Crippen LogP contribution in [-0.2, 0) is 9.63 Å². The van der Waals surface area contributed by atoms with Gasteiger partial charge in [-0.05, 0) is 6.42 Å². The third-order valence-corrected chi connectivity index (χ3v) is 1.02. The van der Waals surface area contributed by atoms with Crippen molar-refractivity contribution in [2.75, 3.05) is 12.4 Å². The van der Waals surface area contributed by atoms with E-state index in [1.165, 1.54) is 0 Å². The second kappa shape index (κ2) is 6.58. The van der Waals surface area contributed by atoms with Crippen LogP contribution in [-0.4, -0.2) is 18.4 Å². The summed E-state index contributed by atoms with van der Waals surface area (Å²) in [5, 5.41) is 0.